The maximum atomic E-state index is 3.50. The predicted octanol–water partition coefficient (Wildman–Crippen LogP) is 4.59. The minimum Gasteiger partial charge on any atom is -0.0505 e. The van der Waals surface area contributed by atoms with Crippen LogP contribution in [0.15, 0.2) is 19.5 Å². The molecule has 0 unspecified atom stereocenters. The van der Waals surface area contributed by atoms with Crippen LogP contribution in [0.5, 0.6) is 0 Å². The summed E-state index contributed by atoms with van der Waals surface area (Å²) in [6, 6.07) is 2.10. The Morgan fingerprint density at radius 2 is 1.55 bits per heavy atom. The van der Waals surface area contributed by atoms with Crippen LogP contribution < -0.4 is 0 Å². The van der Waals surface area contributed by atoms with Crippen molar-refractivity contribution in [1.82, 2.24) is 0 Å². The molecular weight excluding hydrogens is 336 g/mol. The van der Waals surface area contributed by atoms with Crippen LogP contribution in [0, 0.1) is 13.8 Å². The molecule has 0 heterocycles. The summed E-state index contributed by atoms with van der Waals surface area (Å²) < 4.78 is 3.41. The van der Waals surface area contributed by atoms with Gasteiger partial charge in [-0.05, 0) is 62.9 Å². The third-order valence-corrected chi connectivity index (χ3v) is 4.94. The van der Waals surface area contributed by atoms with Gasteiger partial charge in [0.2, 0.25) is 0 Å². The Labute approximate surface area is 91.8 Å². The fourth-order valence-corrected chi connectivity index (χ4v) is 2.55. The van der Waals surface area contributed by atoms with E-state index in [1.165, 1.54) is 11.1 Å². The van der Waals surface area contributed by atoms with Crippen molar-refractivity contribution < 1.29 is 0 Å². The summed E-state index contributed by atoms with van der Waals surface area (Å²) in [5, 5.41) is 0. The van der Waals surface area contributed by atoms with Crippen LogP contribution in [0.1, 0.15) is 11.1 Å². The van der Waals surface area contributed by atoms with Gasteiger partial charge in [-0.25, -0.2) is 0 Å². The first-order chi connectivity index (χ1) is 5.04. The molecule has 0 saturated carbocycles. The van der Waals surface area contributed by atoms with Gasteiger partial charge in [0.1, 0.15) is 0 Å². The second-order valence-corrected chi connectivity index (χ2v) is 4.87. The van der Waals surface area contributed by atoms with Crippen molar-refractivity contribution in [3.63, 3.8) is 0 Å². The Balaban J connectivity index is 3.46. The molecule has 0 bridgehead atoms. The highest BCUT2D eigenvalue weighted by Gasteiger charge is 2.06. The number of halogens is 3. The van der Waals surface area contributed by atoms with E-state index in [0.29, 0.717) is 0 Å². The summed E-state index contributed by atoms with van der Waals surface area (Å²) in [5.41, 5.74) is 2.46. The molecule has 11 heavy (non-hydrogen) atoms. The highest BCUT2D eigenvalue weighted by molar-refractivity contribution is 9.13. The zero-order valence-corrected chi connectivity index (χ0v) is 11.0. The van der Waals surface area contributed by atoms with E-state index in [0.717, 1.165) is 13.4 Å². The van der Waals surface area contributed by atoms with E-state index >= 15 is 0 Å². The molecule has 0 aliphatic rings. The molecule has 1 rings (SSSR count). The quantitative estimate of drug-likeness (QED) is 0.605. The van der Waals surface area contributed by atoms with Crippen LogP contribution in [-0.2, 0) is 0 Å². The number of rotatable bonds is 0. The molecule has 1 aromatic carbocycles. The maximum Gasteiger partial charge on any atom is 0.0360 e. The van der Waals surface area contributed by atoms with E-state index in [1.807, 2.05) is 0 Å². The van der Waals surface area contributed by atoms with Crippen LogP contribution in [0.2, 0.25) is 0 Å². The highest BCUT2D eigenvalue weighted by Crippen LogP contribution is 2.34. The monoisotopic (exact) mass is 340 g/mol. The summed E-state index contributed by atoms with van der Waals surface area (Å²) in [4.78, 5) is 0. The molecule has 1 aromatic rings. The van der Waals surface area contributed by atoms with Gasteiger partial charge in [0.25, 0.3) is 0 Å². The van der Waals surface area contributed by atoms with Crippen molar-refractivity contribution in [3.8, 4) is 0 Å². The zero-order chi connectivity index (χ0) is 8.59. The van der Waals surface area contributed by atoms with Gasteiger partial charge in [0.05, 0.1) is 0 Å². The van der Waals surface area contributed by atoms with Gasteiger partial charge in [-0.1, -0.05) is 15.9 Å². The first kappa shape index (κ1) is 9.75. The molecular formula is C8H7Br3. The molecule has 0 aliphatic carbocycles. The van der Waals surface area contributed by atoms with Gasteiger partial charge in [-0.2, -0.15) is 0 Å². The lowest BCUT2D eigenvalue weighted by Crippen LogP contribution is -1.84. The van der Waals surface area contributed by atoms with Crippen molar-refractivity contribution in [2.24, 2.45) is 0 Å². The van der Waals surface area contributed by atoms with Crippen LogP contribution in [0.25, 0.3) is 0 Å². The minimum atomic E-state index is 1.13. The molecule has 0 aromatic heterocycles. The van der Waals surface area contributed by atoms with Crippen LogP contribution >= 0.6 is 47.8 Å². The average Bonchev–Trinajstić information content (AvgIpc) is 1.97. The zero-order valence-electron chi connectivity index (χ0n) is 6.21. The van der Waals surface area contributed by atoms with E-state index < -0.39 is 0 Å². The third-order valence-electron chi connectivity index (χ3n) is 1.57. The van der Waals surface area contributed by atoms with Gasteiger partial charge in [0.15, 0.2) is 0 Å². The summed E-state index contributed by atoms with van der Waals surface area (Å²) >= 11 is 10.5. The summed E-state index contributed by atoms with van der Waals surface area (Å²) in [6.07, 6.45) is 0. The summed E-state index contributed by atoms with van der Waals surface area (Å²) in [6.45, 7) is 4.14. The molecule has 0 aliphatic heterocycles. The molecule has 0 radical (unpaired) electrons. The van der Waals surface area contributed by atoms with Crippen molar-refractivity contribution in [1.29, 1.82) is 0 Å². The van der Waals surface area contributed by atoms with Crippen LogP contribution in [0.3, 0.4) is 0 Å². The SMILES string of the molecule is Cc1cc(Br)c(C)c(Br)c1Br. The van der Waals surface area contributed by atoms with Crippen molar-refractivity contribution in [2.75, 3.05) is 0 Å². The van der Waals surface area contributed by atoms with E-state index in [4.69, 9.17) is 0 Å². The fourth-order valence-electron chi connectivity index (χ4n) is 0.804. The Hall–Kier alpha value is 0.660. The first-order valence-corrected chi connectivity index (χ1v) is 5.52. The van der Waals surface area contributed by atoms with Crippen LogP contribution in [0.4, 0.5) is 0 Å². The second kappa shape index (κ2) is 3.58. The number of benzene rings is 1. The lowest BCUT2D eigenvalue weighted by Gasteiger charge is -2.06. The van der Waals surface area contributed by atoms with Crippen molar-refractivity contribution in [3.05, 3.63) is 30.6 Å². The maximum absolute atomic E-state index is 3.50. The smallest absolute Gasteiger partial charge is 0.0360 e. The molecule has 3 heteroatoms. The molecule has 60 valence electrons. The van der Waals surface area contributed by atoms with Crippen LogP contribution in [-0.4, -0.2) is 0 Å². The molecule has 0 atom stereocenters. The van der Waals surface area contributed by atoms with E-state index in [1.54, 1.807) is 0 Å². The Morgan fingerprint density at radius 3 is 2.09 bits per heavy atom. The van der Waals surface area contributed by atoms with Gasteiger partial charge < -0.3 is 0 Å². The number of hydrogen-bond acceptors (Lipinski definition) is 0. The molecule has 0 spiro atoms. The Morgan fingerprint density at radius 1 is 1.00 bits per heavy atom. The number of hydrogen-bond donors (Lipinski definition) is 0. The average molecular weight is 343 g/mol. The minimum absolute atomic E-state index is 1.13. The number of aryl methyl sites for hydroxylation is 1. The Kier molecular flexibility index (Phi) is 3.18. The van der Waals surface area contributed by atoms with E-state index in [2.05, 4.69) is 67.7 Å². The van der Waals surface area contributed by atoms with Crippen molar-refractivity contribution in [2.45, 2.75) is 13.8 Å². The van der Waals surface area contributed by atoms with Gasteiger partial charge in [-0.15, -0.1) is 0 Å². The molecule has 0 N–H and O–H groups in total. The molecule has 0 amide bonds. The topological polar surface area (TPSA) is 0 Å². The normalized spacial score (nSPS) is 10.3. The second-order valence-electron chi connectivity index (χ2n) is 2.43. The van der Waals surface area contributed by atoms with Crippen molar-refractivity contribution >= 4 is 47.8 Å². The van der Waals surface area contributed by atoms with Gasteiger partial charge in [-0.3, -0.25) is 0 Å². The fraction of sp³-hybridized carbons (Fsp3) is 0.250. The van der Waals surface area contributed by atoms with E-state index in [-0.39, 0.29) is 0 Å². The highest BCUT2D eigenvalue weighted by atomic mass is 79.9. The molecule has 0 fully saturated rings. The van der Waals surface area contributed by atoms with Gasteiger partial charge >= 0.3 is 0 Å². The standard InChI is InChI=1S/C8H7Br3/c1-4-3-6(9)5(2)8(11)7(4)10/h3H,1-2H3. The largest absolute Gasteiger partial charge is 0.0505 e. The van der Waals surface area contributed by atoms with Gasteiger partial charge in [0, 0.05) is 13.4 Å². The lowest BCUT2D eigenvalue weighted by molar-refractivity contribution is 1.31. The predicted molar refractivity (Wildman–Crippen MR) is 59.0 cm³/mol. The summed E-state index contributed by atoms with van der Waals surface area (Å²) in [5.74, 6) is 0. The first-order valence-electron chi connectivity index (χ1n) is 3.14. The summed E-state index contributed by atoms with van der Waals surface area (Å²) in [7, 11) is 0. The lowest BCUT2D eigenvalue weighted by atomic mass is 10.2. The molecule has 0 nitrogen and oxygen atoms in total. The third kappa shape index (κ3) is 1.87. The van der Waals surface area contributed by atoms with E-state index in [9.17, 15) is 0 Å². The Bertz CT molecular complexity index is 266. The molecule has 0 saturated heterocycles.